The minimum Gasteiger partial charge on any atom is -0.381 e. The van der Waals surface area contributed by atoms with Gasteiger partial charge in [0.1, 0.15) is 9.84 Å². The summed E-state index contributed by atoms with van der Waals surface area (Å²) in [7, 11) is -3.02. The summed E-state index contributed by atoms with van der Waals surface area (Å²) in [5.41, 5.74) is 0. The van der Waals surface area contributed by atoms with Crippen LogP contribution in [0.5, 0.6) is 0 Å². The molecule has 4 nitrogen and oxygen atoms in total. The largest absolute Gasteiger partial charge is 0.381 e. The summed E-state index contributed by atoms with van der Waals surface area (Å²) in [6.45, 7) is 10.0. The van der Waals surface area contributed by atoms with Gasteiger partial charge in [0.25, 0.3) is 0 Å². The molecule has 0 aromatic rings. The molecule has 3 aliphatic rings. The molecule has 0 spiro atoms. The fraction of sp³-hybridized carbons (Fsp3) is 1.00. The van der Waals surface area contributed by atoms with Crippen LogP contribution in [-0.4, -0.2) is 48.9 Å². The van der Waals surface area contributed by atoms with Crippen LogP contribution in [0.15, 0.2) is 0 Å². The molecule has 0 bridgehead atoms. The quantitative estimate of drug-likeness (QED) is 0.591. The van der Waals surface area contributed by atoms with E-state index in [0.717, 1.165) is 44.0 Å². The Morgan fingerprint density at radius 1 is 0.640 bits per heavy atom. The maximum atomic E-state index is 10.7. The molecule has 0 unspecified atom stereocenters. The Bertz CT molecular complexity index is 345. The van der Waals surface area contributed by atoms with Crippen molar-refractivity contribution < 1.29 is 17.4 Å². The van der Waals surface area contributed by atoms with E-state index in [4.69, 9.17) is 4.74 Å². The summed E-state index contributed by atoms with van der Waals surface area (Å²) in [4.78, 5) is 0. The highest BCUT2D eigenvalue weighted by atomic mass is 32.2. The molecule has 154 valence electrons. The van der Waals surface area contributed by atoms with Crippen LogP contribution < -0.4 is 0 Å². The van der Waals surface area contributed by atoms with Gasteiger partial charge in [-0.2, -0.15) is 0 Å². The van der Waals surface area contributed by atoms with Crippen LogP contribution in [0.4, 0.5) is 0 Å². The molecule has 0 aromatic carbocycles. The minimum absolute atomic E-state index is 0.424. The normalized spacial score (nSPS) is 22.1. The van der Waals surface area contributed by atoms with Gasteiger partial charge in [0, 0.05) is 35.5 Å². The number of rotatable bonds is 0. The topological polar surface area (TPSA) is 60.4 Å². The van der Waals surface area contributed by atoms with E-state index in [9.17, 15) is 12.6 Å². The van der Waals surface area contributed by atoms with Crippen molar-refractivity contribution in [2.24, 2.45) is 0 Å². The van der Waals surface area contributed by atoms with Gasteiger partial charge < -0.3 is 4.74 Å². The van der Waals surface area contributed by atoms with Gasteiger partial charge in [0.15, 0.2) is 0 Å². The molecule has 3 rings (SSSR count). The van der Waals surface area contributed by atoms with Gasteiger partial charge in [-0.05, 0) is 44.9 Å². The smallest absolute Gasteiger partial charge is 0.150 e. The SMILES string of the molecule is C1CCOCC1.CC.CC.O=S1(=O)CCCCC1.O=S1CCCCC1. The van der Waals surface area contributed by atoms with Crippen LogP contribution in [0, 0.1) is 0 Å². The van der Waals surface area contributed by atoms with Gasteiger partial charge in [-0.25, -0.2) is 8.42 Å². The van der Waals surface area contributed by atoms with E-state index >= 15 is 0 Å². The van der Waals surface area contributed by atoms with Crippen molar-refractivity contribution in [3.05, 3.63) is 0 Å². The molecule has 0 radical (unpaired) electrons. The first-order valence-electron chi connectivity index (χ1n) is 10.2. The fourth-order valence-corrected chi connectivity index (χ4v) is 5.16. The number of hydrogen-bond donors (Lipinski definition) is 0. The van der Waals surface area contributed by atoms with E-state index < -0.39 is 20.6 Å². The van der Waals surface area contributed by atoms with Crippen LogP contribution >= 0.6 is 0 Å². The Hall–Kier alpha value is 0.0600. The molecule has 3 heterocycles. The standard InChI is InChI=1S/C5H10O2S.C5H10OS.C5H10O.2C2H6/c6-8(7)4-2-1-3-5-8;6-7-4-2-1-3-5-7;1-2-4-6-5-3-1;2*1-2/h1-5H2;1-5H2;1-5H2;2*1-2H3. The van der Waals surface area contributed by atoms with Crippen molar-refractivity contribution in [1.82, 2.24) is 0 Å². The lowest BCUT2D eigenvalue weighted by Gasteiger charge is -2.08. The molecule has 0 N–H and O–H groups in total. The Labute approximate surface area is 159 Å². The van der Waals surface area contributed by atoms with Crippen LogP contribution in [0.3, 0.4) is 0 Å². The monoisotopic (exact) mass is 398 g/mol. The second-order valence-corrected chi connectivity index (χ2v) is 9.79. The molecule has 3 aliphatic heterocycles. The third-order valence-electron chi connectivity index (χ3n) is 3.73. The molecule has 0 atom stereocenters. The first-order valence-corrected chi connectivity index (χ1v) is 13.5. The van der Waals surface area contributed by atoms with E-state index in [0.29, 0.717) is 11.5 Å². The second-order valence-electron chi connectivity index (χ2n) is 5.79. The van der Waals surface area contributed by atoms with Gasteiger partial charge in [-0.15, -0.1) is 0 Å². The zero-order chi connectivity index (χ0) is 19.4. The second kappa shape index (κ2) is 20.4. The van der Waals surface area contributed by atoms with Crippen molar-refractivity contribution in [3.63, 3.8) is 0 Å². The summed E-state index contributed by atoms with van der Waals surface area (Å²) >= 11 is 0. The molecule has 25 heavy (non-hydrogen) atoms. The molecular formula is C19H42O4S2. The number of hydrogen-bond acceptors (Lipinski definition) is 4. The summed E-state index contributed by atoms with van der Waals surface area (Å²) in [5.74, 6) is 2.76. The highest BCUT2D eigenvalue weighted by Crippen LogP contribution is 2.09. The van der Waals surface area contributed by atoms with Crippen molar-refractivity contribution in [2.45, 2.75) is 85.5 Å². The molecule has 6 heteroatoms. The summed E-state index contributed by atoms with van der Waals surface area (Å²) in [6.07, 6.45) is 10.5. The van der Waals surface area contributed by atoms with Gasteiger partial charge in [0.05, 0.1) is 11.5 Å². The fourth-order valence-electron chi connectivity index (χ4n) is 2.41. The van der Waals surface area contributed by atoms with Crippen molar-refractivity contribution in [2.75, 3.05) is 36.2 Å². The Morgan fingerprint density at radius 2 is 1.04 bits per heavy atom. The van der Waals surface area contributed by atoms with Crippen LogP contribution in [0.1, 0.15) is 85.5 Å². The lowest BCUT2D eigenvalue weighted by molar-refractivity contribution is 0.0968. The van der Waals surface area contributed by atoms with Gasteiger partial charge in [-0.3, -0.25) is 4.21 Å². The summed E-state index contributed by atoms with van der Waals surface area (Å²) in [6, 6.07) is 0. The highest BCUT2D eigenvalue weighted by Gasteiger charge is 2.14. The number of sulfone groups is 1. The Balaban J connectivity index is 0. The number of ether oxygens (including phenoxy) is 1. The first-order chi connectivity index (χ1) is 12.1. The van der Waals surface area contributed by atoms with Crippen LogP contribution in [-0.2, 0) is 25.4 Å². The molecule has 0 aliphatic carbocycles. The molecule has 0 saturated carbocycles. The maximum Gasteiger partial charge on any atom is 0.150 e. The molecule has 0 amide bonds. The highest BCUT2D eigenvalue weighted by molar-refractivity contribution is 7.91. The third-order valence-corrected chi connectivity index (χ3v) is 7.04. The predicted octanol–water partition coefficient (Wildman–Crippen LogP) is 4.74. The lowest BCUT2D eigenvalue weighted by Crippen LogP contribution is -2.15. The third kappa shape index (κ3) is 20.2. The van der Waals surface area contributed by atoms with Gasteiger partial charge in [0.2, 0.25) is 0 Å². The van der Waals surface area contributed by atoms with Crippen LogP contribution in [0.25, 0.3) is 0 Å². The Morgan fingerprint density at radius 3 is 1.24 bits per heavy atom. The van der Waals surface area contributed by atoms with E-state index in [-0.39, 0.29) is 0 Å². The predicted molar refractivity (Wildman–Crippen MR) is 112 cm³/mol. The van der Waals surface area contributed by atoms with Crippen molar-refractivity contribution >= 4 is 20.6 Å². The van der Waals surface area contributed by atoms with Gasteiger partial charge >= 0.3 is 0 Å². The average molecular weight is 399 g/mol. The summed E-state index contributed by atoms with van der Waals surface area (Å²) in [5, 5.41) is 0. The molecule has 3 saturated heterocycles. The average Bonchev–Trinajstić information content (AvgIpc) is 2.68. The Kier molecular flexibility index (Phi) is 22.2. The summed E-state index contributed by atoms with van der Waals surface area (Å²) < 4.78 is 36.9. The van der Waals surface area contributed by atoms with Gasteiger partial charge in [-0.1, -0.05) is 40.5 Å². The van der Waals surface area contributed by atoms with Crippen LogP contribution in [0.2, 0.25) is 0 Å². The van der Waals surface area contributed by atoms with E-state index in [1.807, 2.05) is 27.7 Å². The zero-order valence-corrected chi connectivity index (χ0v) is 18.7. The molecule has 0 aromatic heterocycles. The molecular weight excluding hydrogens is 356 g/mol. The van der Waals surface area contributed by atoms with Crippen molar-refractivity contribution in [3.8, 4) is 0 Å². The van der Waals surface area contributed by atoms with E-state index in [1.165, 1.54) is 38.5 Å². The maximum absolute atomic E-state index is 10.7. The first kappa shape index (κ1) is 27.3. The van der Waals surface area contributed by atoms with E-state index in [1.54, 1.807) is 0 Å². The molecule has 3 fully saturated rings. The minimum atomic E-state index is -2.58. The van der Waals surface area contributed by atoms with E-state index in [2.05, 4.69) is 0 Å². The van der Waals surface area contributed by atoms with Crippen molar-refractivity contribution in [1.29, 1.82) is 0 Å². The lowest BCUT2D eigenvalue weighted by atomic mass is 10.2. The zero-order valence-electron chi connectivity index (χ0n) is 17.1.